The van der Waals surface area contributed by atoms with Crippen LogP contribution in [0.15, 0.2) is 40.4 Å². The van der Waals surface area contributed by atoms with Gasteiger partial charge in [0.2, 0.25) is 0 Å². The molecule has 1 aromatic rings. The fourth-order valence-corrected chi connectivity index (χ4v) is 3.10. The number of methoxy groups -OCH3 is 1. The highest BCUT2D eigenvalue weighted by atomic mass is 32.2. The molecule has 0 saturated carbocycles. The van der Waals surface area contributed by atoms with Crippen LogP contribution in [0.3, 0.4) is 0 Å². The van der Waals surface area contributed by atoms with Crippen molar-refractivity contribution in [3.8, 4) is 5.75 Å². The van der Waals surface area contributed by atoms with Crippen molar-refractivity contribution in [3.05, 3.63) is 41.6 Å². The quantitative estimate of drug-likeness (QED) is 0.762. The van der Waals surface area contributed by atoms with Crippen molar-refractivity contribution in [2.24, 2.45) is 4.40 Å². The Hall–Kier alpha value is -2.35. The van der Waals surface area contributed by atoms with Gasteiger partial charge in [0, 0.05) is 12.7 Å². The number of ether oxygens (including phenoxy) is 2. The van der Waals surface area contributed by atoms with Crippen LogP contribution >= 0.6 is 0 Å². The van der Waals surface area contributed by atoms with Crippen LogP contribution in [0.25, 0.3) is 0 Å². The molecule has 124 valence electrons. The third kappa shape index (κ3) is 3.89. The zero-order valence-electron chi connectivity index (χ0n) is 13.1. The summed E-state index contributed by atoms with van der Waals surface area (Å²) in [5.74, 6) is 0.0947. The maximum absolute atomic E-state index is 12.2. The van der Waals surface area contributed by atoms with Crippen molar-refractivity contribution < 1.29 is 22.7 Å². The second-order valence-electron chi connectivity index (χ2n) is 4.82. The summed E-state index contributed by atoms with van der Waals surface area (Å²) in [6.07, 6.45) is 1.26. The molecular formula is C15H18N2O5S. The van der Waals surface area contributed by atoms with Gasteiger partial charge in [-0.05, 0) is 31.5 Å². The van der Waals surface area contributed by atoms with E-state index in [0.717, 1.165) is 9.87 Å². The van der Waals surface area contributed by atoms with Crippen LogP contribution in [-0.2, 0) is 26.3 Å². The van der Waals surface area contributed by atoms with Gasteiger partial charge in [0.15, 0.2) is 0 Å². The molecule has 23 heavy (non-hydrogen) atoms. The summed E-state index contributed by atoms with van der Waals surface area (Å²) in [5.41, 5.74) is 1.05. The Morgan fingerprint density at radius 3 is 2.48 bits per heavy atom. The molecule has 8 heteroatoms. The van der Waals surface area contributed by atoms with Crippen LogP contribution in [0, 0.1) is 0 Å². The first-order chi connectivity index (χ1) is 10.9. The van der Waals surface area contributed by atoms with Crippen molar-refractivity contribution >= 4 is 21.9 Å². The number of esters is 1. The lowest BCUT2D eigenvalue weighted by Gasteiger charge is -2.21. The molecule has 0 unspecified atom stereocenters. The second kappa shape index (κ2) is 6.82. The zero-order valence-corrected chi connectivity index (χ0v) is 14.0. The molecule has 0 aliphatic carbocycles. The van der Waals surface area contributed by atoms with Gasteiger partial charge >= 0.3 is 16.2 Å². The average molecular weight is 338 g/mol. The van der Waals surface area contributed by atoms with Crippen LogP contribution in [0.1, 0.15) is 19.4 Å². The minimum absolute atomic E-state index is 0.0757. The Labute approximate surface area is 135 Å². The lowest BCUT2D eigenvalue weighted by Crippen LogP contribution is -2.31. The molecule has 1 aromatic carbocycles. The summed E-state index contributed by atoms with van der Waals surface area (Å²) in [5, 5.41) is 0. The monoisotopic (exact) mass is 338 g/mol. The fraction of sp³-hybridized carbons (Fsp3) is 0.333. The van der Waals surface area contributed by atoms with Gasteiger partial charge in [0.05, 0.1) is 18.4 Å². The first-order valence-electron chi connectivity index (χ1n) is 6.98. The minimum atomic E-state index is -3.74. The van der Waals surface area contributed by atoms with E-state index >= 15 is 0 Å². The molecule has 0 saturated heterocycles. The molecule has 0 aromatic heterocycles. The molecule has 0 bridgehead atoms. The van der Waals surface area contributed by atoms with Crippen molar-refractivity contribution in [2.45, 2.75) is 20.5 Å². The first kappa shape index (κ1) is 17.0. The number of nitrogens with zero attached hydrogens (tertiary/aromatic N) is 2. The number of carbonyl (C=O) groups is 1. The van der Waals surface area contributed by atoms with Gasteiger partial charge < -0.3 is 9.47 Å². The molecular weight excluding hydrogens is 320 g/mol. The van der Waals surface area contributed by atoms with E-state index < -0.39 is 16.2 Å². The zero-order chi connectivity index (χ0) is 17.0. The van der Waals surface area contributed by atoms with Gasteiger partial charge in [0.1, 0.15) is 12.4 Å². The molecule has 0 radical (unpaired) electrons. The van der Waals surface area contributed by atoms with Crippen molar-refractivity contribution in [1.82, 2.24) is 4.31 Å². The Bertz CT molecular complexity index is 751. The molecule has 0 spiro atoms. The molecule has 1 heterocycles. The smallest absolute Gasteiger partial charge is 0.344 e. The largest absolute Gasteiger partial charge is 0.497 e. The van der Waals surface area contributed by atoms with Crippen molar-refractivity contribution in [1.29, 1.82) is 0 Å². The van der Waals surface area contributed by atoms with E-state index in [-0.39, 0.29) is 24.4 Å². The summed E-state index contributed by atoms with van der Waals surface area (Å²) in [7, 11) is -2.17. The minimum Gasteiger partial charge on any atom is -0.497 e. The number of hydrogen-bond acceptors (Lipinski definition) is 5. The van der Waals surface area contributed by atoms with E-state index in [1.165, 1.54) is 13.1 Å². The van der Waals surface area contributed by atoms with Crippen LogP contribution in [0.4, 0.5) is 0 Å². The summed E-state index contributed by atoms with van der Waals surface area (Å²) in [6, 6.07) is 7.10. The molecule has 0 amide bonds. The van der Waals surface area contributed by atoms with Gasteiger partial charge in [-0.25, -0.2) is 4.79 Å². The van der Waals surface area contributed by atoms with Gasteiger partial charge in [-0.1, -0.05) is 12.1 Å². The van der Waals surface area contributed by atoms with Gasteiger partial charge in [0.25, 0.3) is 0 Å². The average Bonchev–Trinajstić information content (AvgIpc) is 2.52. The normalized spacial score (nSPS) is 16.4. The predicted molar refractivity (Wildman–Crippen MR) is 85.3 cm³/mol. The lowest BCUT2D eigenvalue weighted by molar-refractivity contribution is -0.139. The van der Waals surface area contributed by atoms with Gasteiger partial charge in [-0.15, -0.1) is 4.40 Å². The van der Waals surface area contributed by atoms with E-state index in [0.29, 0.717) is 5.75 Å². The highest BCUT2D eigenvalue weighted by Crippen LogP contribution is 2.18. The van der Waals surface area contributed by atoms with Crippen LogP contribution in [-0.4, -0.2) is 38.1 Å². The molecule has 1 aliphatic heterocycles. The van der Waals surface area contributed by atoms with E-state index in [4.69, 9.17) is 9.47 Å². The predicted octanol–water partition coefficient (Wildman–Crippen LogP) is 1.66. The maximum atomic E-state index is 12.2. The Morgan fingerprint density at radius 1 is 1.26 bits per heavy atom. The Kier molecular flexibility index (Phi) is 5.05. The second-order valence-corrected chi connectivity index (χ2v) is 6.37. The molecule has 0 fully saturated rings. The molecule has 0 N–H and O–H groups in total. The highest BCUT2D eigenvalue weighted by molar-refractivity contribution is 7.88. The fourth-order valence-electron chi connectivity index (χ4n) is 1.98. The molecule has 7 nitrogen and oxygen atoms in total. The molecule has 2 rings (SSSR count). The summed E-state index contributed by atoms with van der Waals surface area (Å²) < 4.78 is 38.4. The van der Waals surface area contributed by atoms with Crippen LogP contribution in [0.2, 0.25) is 0 Å². The Morgan fingerprint density at radius 2 is 1.91 bits per heavy atom. The highest BCUT2D eigenvalue weighted by Gasteiger charge is 2.27. The van der Waals surface area contributed by atoms with Crippen molar-refractivity contribution in [2.75, 3.05) is 13.7 Å². The SMILES string of the molecule is CCN1C=C(C(=O)OCc2ccc(OC)cc2)C(C)=NS1(=O)=O. The standard InChI is InChI=1S/C15H18N2O5S/c1-4-17-9-14(11(2)16-23(17,19)20)15(18)22-10-12-5-7-13(21-3)8-6-12/h5-9H,4,10H2,1-3H3. The number of carbonyl (C=O) groups excluding carboxylic acids is 1. The number of benzene rings is 1. The third-order valence-corrected chi connectivity index (χ3v) is 4.73. The third-order valence-electron chi connectivity index (χ3n) is 3.27. The Balaban J connectivity index is 2.08. The summed E-state index contributed by atoms with van der Waals surface area (Å²) in [4.78, 5) is 12.2. The maximum Gasteiger partial charge on any atom is 0.344 e. The summed E-state index contributed by atoms with van der Waals surface area (Å²) >= 11 is 0. The number of hydrogen-bond donors (Lipinski definition) is 0. The molecule has 1 aliphatic rings. The van der Waals surface area contributed by atoms with E-state index in [1.54, 1.807) is 38.3 Å². The number of rotatable bonds is 5. The van der Waals surface area contributed by atoms with Crippen molar-refractivity contribution in [3.63, 3.8) is 0 Å². The van der Waals surface area contributed by atoms with Gasteiger partial charge in [-0.3, -0.25) is 4.31 Å². The van der Waals surface area contributed by atoms with Crippen LogP contribution < -0.4 is 4.74 Å². The van der Waals surface area contributed by atoms with E-state index in [1.807, 2.05) is 0 Å². The van der Waals surface area contributed by atoms with Crippen LogP contribution in [0.5, 0.6) is 5.75 Å². The topological polar surface area (TPSA) is 85.3 Å². The van der Waals surface area contributed by atoms with Gasteiger partial charge in [-0.2, -0.15) is 8.42 Å². The molecule has 0 atom stereocenters. The van der Waals surface area contributed by atoms with E-state index in [9.17, 15) is 13.2 Å². The van der Waals surface area contributed by atoms with E-state index in [2.05, 4.69) is 4.40 Å². The lowest BCUT2D eigenvalue weighted by atomic mass is 10.2. The first-order valence-corrected chi connectivity index (χ1v) is 8.37. The summed E-state index contributed by atoms with van der Waals surface area (Å²) in [6.45, 7) is 3.39.